The highest BCUT2D eigenvalue weighted by Crippen LogP contribution is 2.32. The fourth-order valence-electron chi connectivity index (χ4n) is 7.39. The van der Waals surface area contributed by atoms with Crippen molar-refractivity contribution < 1.29 is 91.6 Å². The number of β-amino-alcohol motifs (C(OH)–C–C–N with tert-alkyl or cyclic N) is 1. The summed E-state index contributed by atoms with van der Waals surface area (Å²) >= 11 is 0. The van der Waals surface area contributed by atoms with Gasteiger partial charge in [-0.15, -0.1) is 0 Å². The molecule has 1 aromatic carbocycles. The van der Waals surface area contributed by atoms with Gasteiger partial charge < -0.3 is 87.6 Å². The van der Waals surface area contributed by atoms with Crippen LogP contribution in [0.2, 0.25) is 0 Å². The molecule has 63 heavy (non-hydrogen) atoms. The van der Waals surface area contributed by atoms with Crippen LogP contribution in [0.1, 0.15) is 44.8 Å². The van der Waals surface area contributed by atoms with Gasteiger partial charge in [-0.05, 0) is 31.0 Å². The zero-order chi connectivity index (χ0) is 47.4. The molecule has 352 valence electrons. The van der Waals surface area contributed by atoms with E-state index in [-0.39, 0.29) is 0 Å². The molecule has 0 spiro atoms. The molecule has 3 aliphatic heterocycles. The van der Waals surface area contributed by atoms with Crippen LogP contribution < -0.4 is 36.9 Å². The first kappa shape index (κ1) is 50.3. The van der Waals surface area contributed by atoms with Crippen molar-refractivity contribution in [3.63, 3.8) is 0 Å². The molecule has 5 unspecified atom stereocenters. The molecule has 17 N–H and O–H groups in total. The molecular formula is C35H52N8O19S. The zero-order valence-electron chi connectivity index (χ0n) is 33.6. The highest BCUT2D eigenvalue weighted by molar-refractivity contribution is 7.81. The summed E-state index contributed by atoms with van der Waals surface area (Å²) in [5.74, 6) is -11.7. The van der Waals surface area contributed by atoms with Gasteiger partial charge in [0.1, 0.15) is 42.4 Å². The van der Waals surface area contributed by atoms with Crippen LogP contribution in [-0.4, -0.2) is 197 Å². The number of phenols is 1. The number of benzene rings is 1. The quantitative estimate of drug-likeness (QED) is 0.102. The number of nitrogens with zero attached hydrogens (tertiary/aromatic N) is 2. The van der Waals surface area contributed by atoms with Gasteiger partial charge in [-0.25, -0.2) is 0 Å². The first-order valence-electron chi connectivity index (χ1n) is 19.3. The van der Waals surface area contributed by atoms with Crippen molar-refractivity contribution >= 4 is 51.7 Å². The SMILES string of the molecule is C[C@@H](O)C1NC(=O)[C@@H](N)C[C@H](O)CNC(=O)C2[C@@H](O)[C@@H](C)CN2C(=O)C([C@H](O)CC(N)=O)NC(=O)C([C@H](O)[C@@H](O)c2ccc(O)c(OS(=O)(=O)O)c2)NC(=O)C2C[C@@H](O)CN2C1=O. The second-order valence-corrected chi connectivity index (χ2v) is 16.7. The Kier molecular flexibility index (Phi) is 16.4. The number of amides is 7. The Morgan fingerprint density at radius 3 is 2.06 bits per heavy atom. The number of fused-ring (bicyclic) bond motifs is 2. The van der Waals surface area contributed by atoms with Crippen LogP contribution in [0.5, 0.6) is 11.5 Å². The average molecular weight is 921 g/mol. The lowest BCUT2D eigenvalue weighted by atomic mass is 9.96. The molecular weight excluding hydrogens is 868 g/mol. The smallest absolute Gasteiger partial charge is 0.446 e. The number of carbonyl (C=O) groups excluding carboxylic acids is 7. The number of hydrogen-bond acceptors (Lipinski definition) is 19. The first-order chi connectivity index (χ1) is 29.2. The van der Waals surface area contributed by atoms with E-state index in [9.17, 15) is 82.8 Å². The van der Waals surface area contributed by atoms with Crippen molar-refractivity contribution in [2.45, 2.75) is 112 Å². The summed E-state index contributed by atoms with van der Waals surface area (Å²) in [5.41, 5.74) is 10.7. The van der Waals surface area contributed by atoms with Crippen LogP contribution in [0, 0.1) is 5.92 Å². The highest BCUT2D eigenvalue weighted by atomic mass is 32.3. The minimum absolute atomic E-state index is 0.421. The topological polar surface area (TPSA) is 452 Å². The first-order valence-corrected chi connectivity index (χ1v) is 20.7. The van der Waals surface area contributed by atoms with E-state index in [0.29, 0.717) is 11.0 Å². The van der Waals surface area contributed by atoms with E-state index in [2.05, 4.69) is 25.5 Å². The summed E-state index contributed by atoms with van der Waals surface area (Å²) in [6.45, 7) is 0.854. The van der Waals surface area contributed by atoms with Gasteiger partial charge in [-0.1, -0.05) is 13.0 Å². The fourth-order valence-corrected chi connectivity index (χ4v) is 7.75. The molecule has 0 aliphatic carbocycles. The Morgan fingerprint density at radius 2 is 1.46 bits per heavy atom. The van der Waals surface area contributed by atoms with Crippen molar-refractivity contribution in [1.82, 2.24) is 31.1 Å². The molecule has 0 aromatic heterocycles. The third-order valence-corrected chi connectivity index (χ3v) is 11.1. The number of aliphatic hydroxyl groups is 7. The summed E-state index contributed by atoms with van der Waals surface area (Å²) in [6, 6.07) is -9.60. The Morgan fingerprint density at radius 1 is 0.857 bits per heavy atom. The van der Waals surface area contributed by atoms with Gasteiger partial charge in [0.15, 0.2) is 11.5 Å². The molecule has 3 saturated heterocycles. The molecule has 0 bridgehead atoms. The molecule has 28 heteroatoms. The van der Waals surface area contributed by atoms with Gasteiger partial charge >= 0.3 is 10.4 Å². The predicted octanol–water partition coefficient (Wildman–Crippen LogP) is -8.58. The molecule has 27 nitrogen and oxygen atoms in total. The maximum absolute atomic E-state index is 14.3. The number of phenolic OH excluding ortho intramolecular Hbond substituents is 1. The normalized spacial score (nSPS) is 31.5. The molecule has 7 amide bonds. The Bertz CT molecular complexity index is 2030. The largest absolute Gasteiger partial charge is 0.504 e. The van der Waals surface area contributed by atoms with Crippen molar-refractivity contribution in [3.05, 3.63) is 23.8 Å². The lowest BCUT2D eigenvalue weighted by molar-refractivity contribution is -0.148. The number of hydrogen-bond donors (Lipinski definition) is 15. The molecule has 3 heterocycles. The van der Waals surface area contributed by atoms with Crippen LogP contribution in [0.3, 0.4) is 0 Å². The molecule has 3 fully saturated rings. The number of aromatic hydroxyl groups is 1. The summed E-state index contributed by atoms with van der Waals surface area (Å²) < 4.78 is 36.2. The summed E-state index contributed by atoms with van der Waals surface area (Å²) in [7, 11) is -5.29. The highest BCUT2D eigenvalue weighted by Gasteiger charge is 2.50. The van der Waals surface area contributed by atoms with E-state index in [1.807, 2.05) is 0 Å². The lowest BCUT2D eigenvalue weighted by Crippen LogP contribution is -2.64. The van der Waals surface area contributed by atoms with Crippen LogP contribution in [0.25, 0.3) is 0 Å². The van der Waals surface area contributed by atoms with E-state index in [1.165, 1.54) is 6.92 Å². The number of carbonyl (C=O) groups is 7. The lowest BCUT2D eigenvalue weighted by Gasteiger charge is -2.34. The number of aliphatic hydroxyl groups excluding tert-OH is 7. The molecule has 1 aromatic rings. The minimum atomic E-state index is -5.29. The molecule has 0 radical (unpaired) electrons. The maximum Gasteiger partial charge on any atom is 0.446 e. The second kappa shape index (κ2) is 20.5. The summed E-state index contributed by atoms with van der Waals surface area (Å²) in [4.78, 5) is 96.6. The third-order valence-electron chi connectivity index (χ3n) is 10.7. The molecule has 0 saturated carbocycles. The fraction of sp³-hybridized carbons (Fsp3) is 0.629. The number of nitrogens with two attached hydrogens (primary N) is 2. The van der Waals surface area contributed by atoms with E-state index in [0.717, 1.165) is 24.0 Å². The summed E-state index contributed by atoms with van der Waals surface area (Å²) in [6.07, 6.45) is -15.7. The van der Waals surface area contributed by atoms with Gasteiger partial charge in [0, 0.05) is 32.0 Å². The number of rotatable bonds is 9. The van der Waals surface area contributed by atoms with Crippen molar-refractivity contribution in [3.8, 4) is 11.5 Å². The zero-order valence-corrected chi connectivity index (χ0v) is 34.4. The van der Waals surface area contributed by atoms with Gasteiger partial charge in [0.05, 0.1) is 43.0 Å². The van der Waals surface area contributed by atoms with E-state index in [4.69, 9.17) is 16.0 Å². The van der Waals surface area contributed by atoms with Crippen LogP contribution in [0.15, 0.2) is 18.2 Å². The monoisotopic (exact) mass is 920 g/mol. The van der Waals surface area contributed by atoms with Crippen molar-refractivity contribution in [2.24, 2.45) is 17.4 Å². The third kappa shape index (κ3) is 12.2. The number of nitrogens with one attached hydrogen (secondary N) is 4. The van der Waals surface area contributed by atoms with Crippen LogP contribution in [0.4, 0.5) is 0 Å². The van der Waals surface area contributed by atoms with Gasteiger partial charge in [0.25, 0.3) is 0 Å². The van der Waals surface area contributed by atoms with Gasteiger partial charge in [-0.2, -0.15) is 8.42 Å². The predicted molar refractivity (Wildman–Crippen MR) is 207 cm³/mol. The van der Waals surface area contributed by atoms with Crippen molar-refractivity contribution in [1.29, 1.82) is 0 Å². The van der Waals surface area contributed by atoms with Crippen LogP contribution in [-0.2, 0) is 44.0 Å². The van der Waals surface area contributed by atoms with Gasteiger partial charge in [-0.3, -0.25) is 38.1 Å². The van der Waals surface area contributed by atoms with Crippen molar-refractivity contribution in [2.75, 3.05) is 19.6 Å². The summed E-state index contributed by atoms with van der Waals surface area (Å²) in [5, 5.41) is 95.7. The molecule has 3 aliphatic rings. The second-order valence-electron chi connectivity index (χ2n) is 15.7. The number of primary amides is 1. The van der Waals surface area contributed by atoms with Crippen LogP contribution >= 0.6 is 0 Å². The Labute approximate surface area is 358 Å². The maximum atomic E-state index is 14.3. The van der Waals surface area contributed by atoms with E-state index in [1.54, 1.807) is 0 Å². The molecule has 4 rings (SSSR count). The average Bonchev–Trinajstić information content (AvgIpc) is 3.73. The molecule has 14 atom stereocenters. The standard InChI is InChI=1S/C35H52N8O19S/c1-12-10-43-26(27(12)50)33(56)38-9-15(45)6-17(36)30(53)39-23(13(2)44)34(57)42-11-16(46)7-18(42)31(54)41-25(32(55)40-24(35(43)58)20(48)8-22(37)49)29(52)28(51)14-3-4-19(47)21(5-14)62-63(59,60)61/h3-5,12-13,15-18,20,23-29,44-48,50-52H,6-11,36H2,1-2H3,(H2,37,49)(H,38,56)(H,39,53)(H,40,55)(H,41,54)(H,59,60,61)/t12-,13+,15-,16+,17-,18?,20+,23?,24?,25?,26?,27-,28-,29-/m0/s1. The van der Waals surface area contributed by atoms with Gasteiger partial charge in [0.2, 0.25) is 41.4 Å². The minimum Gasteiger partial charge on any atom is -0.504 e. The van der Waals surface area contributed by atoms with E-state index >= 15 is 0 Å². The Balaban J connectivity index is 1.86. The Hall–Kier alpha value is -5.30. The van der Waals surface area contributed by atoms with E-state index < -0.39 is 193 Å².